The second-order valence-electron chi connectivity index (χ2n) is 6.84. The number of thioether (sulfide) groups is 1. The Labute approximate surface area is 193 Å². The maximum atomic E-state index is 12.1. The van der Waals surface area contributed by atoms with Crippen molar-refractivity contribution >= 4 is 40.7 Å². The highest BCUT2D eigenvalue weighted by atomic mass is 35.5. The van der Waals surface area contributed by atoms with Gasteiger partial charge >= 0.3 is 0 Å². The van der Waals surface area contributed by atoms with Crippen molar-refractivity contribution < 1.29 is 18.5 Å². The molecular weight excluding hydrogens is 450 g/mol. The lowest BCUT2D eigenvalue weighted by molar-refractivity contribution is -0.113. The summed E-state index contributed by atoms with van der Waals surface area (Å²) in [5.74, 6) is 2.36. The highest BCUT2D eigenvalue weighted by Gasteiger charge is 2.16. The van der Waals surface area contributed by atoms with Crippen LogP contribution in [-0.2, 0) is 10.5 Å². The topological polar surface area (TPSA) is 98.2 Å². The zero-order valence-corrected chi connectivity index (χ0v) is 18.6. The van der Waals surface area contributed by atoms with Gasteiger partial charge in [0.25, 0.3) is 5.89 Å². The standard InChI is InChI=1S/C23H18ClN3O4S/c1-14(28)15-6-8-16(9-7-15)25-21(29)13-32-12-17-10-11-20(30-17)23-26-22(27-31-23)18-4-2-3-5-19(18)24/h2-11H,12-13H2,1H3,(H,25,29). The molecule has 1 N–H and O–H groups in total. The maximum absolute atomic E-state index is 12.1. The van der Waals surface area contributed by atoms with E-state index in [0.717, 1.165) is 0 Å². The van der Waals surface area contributed by atoms with Crippen molar-refractivity contribution in [3.05, 3.63) is 77.0 Å². The van der Waals surface area contributed by atoms with Crippen molar-refractivity contribution in [3.63, 3.8) is 0 Å². The average Bonchev–Trinajstić information content (AvgIpc) is 3.44. The number of nitrogens with zero attached hydrogens (tertiary/aromatic N) is 2. The van der Waals surface area contributed by atoms with Crippen LogP contribution in [0.3, 0.4) is 0 Å². The van der Waals surface area contributed by atoms with E-state index < -0.39 is 0 Å². The zero-order chi connectivity index (χ0) is 22.5. The Morgan fingerprint density at radius 1 is 1.06 bits per heavy atom. The molecule has 7 nitrogen and oxygen atoms in total. The highest BCUT2D eigenvalue weighted by Crippen LogP contribution is 2.29. The van der Waals surface area contributed by atoms with Crippen LogP contribution in [0.2, 0.25) is 5.02 Å². The normalized spacial score (nSPS) is 10.8. The van der Waals surface area contributed by atoms with Crippen LogP contribution in [0.4, 0.5) is 5.69 Å². The van der Waals surface area contributed by atoms with E-state index in [1.165, 1.54) is 18.7 Å². The number of Topliss-reactive ketones (excluding diaryl/α,β-unsaturated/α-hetero) is 1. The van der Waals surface area contributed by atoms with Gasteiger partial charge in [-0.2, -0.15) is 4.98 Å². The first kappa shape index (κ1) is 21.9. The molecule has 0 saturated carbocycles. The molecule has 0 bridgehead atoms. The van der Waals surface area contributed by atoms with Crippen molar-refractivity contribution in [2.75, 3.05) is 11.1 Å². The van der Waals surface area contributed by atoms with E-state index in [-0.39, 0.29) is 23.3 Å². The van der Waals surface area contributed by atoms with E-state index in [4.69, 9.17) is 20.5 Å². The van der Waals surface area contributed by atoms with Gasteiger partial charge in [-0.3, -0.25) is 9.59 Å². The molecule has 4 aromatic rings. The van der Waals surface area contributed by atoms with Crippen LogP contribution in [0.15, 0.2) is 69.6 Å². The number of carbonyl (C=O) groups is 2. The Morgan fingerprint density at radius 3 is 2.59 bits per heavy atom. The number of halogens is 1. The lowest BCUT2D eigenvalue weighted by Crippen LogP contribution is -2.14. The zero-order valence-electron chi connectivity index (χ0n) is 17.0. The largest absolute Gasteiger partial charge is 0.455 e. The van der Waals surface area contributed by atoms with Crippen molar-refractivity contribution in [1.29, 1.82) is 0 Å². The molecule has 0 aliphatic rings. The molecule has 0 radical (unpaired) electrons. The summed E-state index contributed by atoms with van der Waals surface area (Å²) >= 11 is 7.59. The molecule has 2 aromatic heterocycles. The minimum Gasteiger partial charge on any atom is -0.455 e. The van der Waals surface area contributed by atoms with Crippen molar-refractivity contribution in [1.82, 2.24) is 10.1 Å². The molecule has 0 atom stereocenters. The summed E-state index contributed by atoms with van der Waals surface area (Å²) in [5.41, 5.74) is 1.92. The van der Waals surface area contributed by atoms with Gasteiger partial charge in [0.15, 0.2) is 11.5 Å². The fourth-order valence-corrected chi connectivity index (χ4v) is 3.81. The van der Waals surface area contributed by atoms with Gasteiger partial charge in [0.1, 0.15) is 5.76 Å². The third-order valence-electron chi connectivity index (χ3n) is 4.47. The van der Waals surface area contributed by atoms with Gasteiger partial charge < -0.3 is 14.3 Å². The fourth-order valence-electron chi connectivity index (χ4n) is 2.88. The van der Waals surface area contributed by atoms with E-state index >= 15 is 0 Å². The number of rotatable bonds is 8. The predicted molar refractivity (Wildman–Crippen MR) is 124 cm³/mol. The maximum Gasteiger partial charge on any atom is 0.293 e. The summed E-state index contributed by atoms with van der Waals surface area (Å²) in [7, 11) is 0. The summed E-state index contributed by atoms with van der Waals surface area (Å²) in [6.07, 6.45) is 0. The van der Waals surface area contributed by atoms with Crippen molar-refractivity contribution in [3.8, 4) is 23.0 Å². The Morgan fingerprint density at radius 2 is 1.84 bits per heavy atom. The van der Waals surface area contributed by atoms with Crippen molar-refractivity contribution in [2.24, 2.45) is 0 Å². The minimum atomic E-state index is -0.140. The number of amides is 1. The van der Waals surface area contributed by atoms with Crippen LogP contribution < -0.4 is 5.32 Å². The first-order chi connectivity index (χ1) is 15.5. The quantitative estimate of drug-likeness (QED) is 0.330. The molecule has 1 amide bonds. The molecule has 2 heterocycles. The second kappa shape index (κ2) is 9.84. The van der Waals surface area contributed by atoms with E-state index in [0.29, 0.717) is 44.9 Å². The number of aromatic nitrogens is 2. The lowest BCUT2D eigenvalue weighted by Gasteiger charge is -2.05. The van der Waals surface area contributed by atoms with Crippen LogP contribution in [-0.4, -0.2) is 27.6 Å². The SMILES string of the molecule is CC(=O)c1ccc(NC(=O)CSCc2ccc(-c3nc(-c4ccccc4Cl)no3)o2)cc1. The van der Waals surface area contributed by atoms with Crippen molar-refractivity contribution in [2.45, 2.75) is 12.7 Å². The van der Waals surface area contributed by atoms with E-state index in [1.54, 1.807) is 42.5 Å². The number of anilines is 1. The summed E-state index contributed by atoms with van der Waals surface area (Å²) in [6.45, 7) is 1.50. The van der Waals surface area contributed by atoms with Gasteiger partial charge in [0.2, 0.25) is 11.7 Å². The van der Waals surface area contributed by atoms with Crippen LogP contribution in [0.25, 0.3) is 23.0 Å². The molecular formula is C23H18ClN3O4S. The Balaban J connectivity index is 1.30. The molecule has 9 heteroatoms. The fraction of sp³-hybridized carbons (Fsp3) is 0.130. The van der Waals surface area contributed by atoms with Crippen LogP contribution in [0.5, 0.6) is 0 Å². The number of hydrogen-bond donors (Lipinski definition) is 1. The molecule has 0 spiro atoms. The molecule has 2 aromatic carbocycles. The van der Waals surface area contributed by atoms with Gasteiger partial charge in [-0.05, 0) is 55.5 Å². The first-order valence-corrected chi connectivity index (χ1v) is 11.2. The number of ketones is 1. The van der Waals surface area contributed by atoms with Gasteiger partial charge in [0, 0.05) is 16.8 Å². The number of nitrogens with one attached hydrogen (secondary N) is 1. The molecule has 32 heavy (non-hydrogen) atoms. The number of carbonyl (C=O) groups excluding carboxylic acids is 2. The Kier molecular flexibility index (Phi) is 6.72. The number of furan rings is 1. The number of hydrogen-bond acceptors (Lipinski definition) is 7. The Bertz CT molecular complexity index is 1250. The van der Waals surface area contributed by atoms with Crippen LogP contribution in [0, 0.1) is 0 Å². The monoisotopic (exact) mass is 467 g/mol. The van der Waals surface area contributed by atoms with Gasteiger partial charge in [-0.1, -0.05) is 28.9 Å². The van der Waals surface area contributed by atoms with Crippen LogP contribution in [0.1, 0.15) is 23.0 Å². The summed E-state index contributed by atoms with van der Waals surface area (Å²) < 4.78 is 11.1. The molecule has 0 saturated heterocycles. The van der Waals surface area contributed by atoms with Crippen LogP contribution >= 0.6 is 23.4 Å². The third-order valence-corrected chi connectivity index (χ3v) is 5.75. The van der Waals surface area contributed by atoms with Gasteiger partial charge in [-0.25, -0.2) is 0 Å². The summed E-state index contributed by atoms with van der Waals surface area (Å²) in [5, 5.41) is 7.30. The molecule has 0 unspecified atom stereocenters. The summed E-state index contributed by atoms with van der Waals surface area (Å²) in [4.78, 5) is 27.8. The predicted octanol–water partition coefficient (Wildman–Crippen LogP) is 5.72. The lowest BCUT2D eigenvalue weighted by atomic mass is 10.1. The molecule has 162 valence electrons. The Hall–Kier alpha value is -3.36. The highest BCUT2D eigenvalue weighted by molar-refractivity contribution is 7.99. The van der Waals surface area contributed by atoms with E-state index in [1.807, 2.05) is 18.2 Å². The minimum absolute atomic E-state index is 0.0168. The molecule has 4 rings (SSSR count). The smallest absolute Gasteiger partial charge is 0.293 e. The molecule has 0 aliphatic carbocycles. The molecule has 0 fully saturated rings. The molecule has 0 aliphatic heterocycles. The first-order valence-electron chi connectivity index (χ1n) is 9.66. The van der Waals surface area contributed by atoms with Gasteiger partial charge in [-0.15, -0.1) is 11.8 Å². The third kappa shape index (κ3) is 5.27. The number of benzene rings is 2. The van der Waals surface area contributed by atoms with E-state index in [9.17, 15) is 9.59 Å². The summed E-state index contributed by atoms with van der Waals surface area (Å²) in [6, 6.07) is 17.6. The van der Waals surface area contributed by atoms with Gasteiger partial charge in [0.05, 0.1) is 16.5 Å². The second-order valence-corrected chi connectivity index (χ2v) is 8.24. The average molecular weight is 468 g/mol. The van der Waals surface area contributed by atoms with E-state index in [2.05, 4.69) is 15.5 Å².